The second-order valence-electron chi connectivity index (χ2n) is 3.16. The molecule has 1 aromatic carbocycles. The van der Waals surface area contributed by atoms with E-state index in [-0.39, 0.29) is 0 Å². The molecule has 0 aliphatic heterocycles. The summed E-state index contributed by atoms with van der Waals surface area (Å²) in [5, 5.41) is 11.0. The smallest absolute Gasteiger partial charge is 0.0864 e. The van der Waals surface area contributed by atoms with Crippen molar-refractivity contribution in [3.8, 4) is 0 Å². The summed E-state index contributed by atoms with van der Waals surface area (Å²) in [5.74, 6) is 0. The lowest BCUT2D eigenvalue weighted by atomic mass is 10.1. The van der Waals surface area contributed by atoms with Crippen molar-refractivity contribution in [2.45, 2.75) is 6.92 Å². The molecule has 0 fully saturated rings. The molecular weight excluding hydrogens is 266 g/mol. The van der Waals surface area contributed by atoms with Crippen LogP contribution in [0, 0.1) is 5.41 Å². The Balaban J connectivity index is 3.13. The van der Waals surface area contributed by atoms with Crippen molar-refractivity contribution in [2.24, 2.45) is 0 Å². The van der Waals surface area contributed by atoms with E-state index in [2.05, 4.69) is 27.8 Å². The van der Waals surface area contributed by atoms with Crippen LogP contribution in [0.15, 0.2) is 47.2 Å². The highest BCUT2D eigenvalue weighted by atomic mass is 79.9. The molecule has 0 unspecified atom stereocenters. The van der Waals surface area contributed by atoms with Crippen molar-refractivity contribution in [3.05, 3.63) is 52.8 Å². The van der Waals surface area contributed by atoms with Crippen molar-refractivity contribution in [1.82, 2.24) is 5.32 Å². The number of nitrogens with two attached hydrogens (primary N) is 1. The number of nitrogen functional groups attached to an aromatic ring is 1. The fourth-order valence-corrected chi connectivity index (χ4v) is 1.66. The minimum Gasteiger partial charge on any atom is -0.398 e. The number of rotatable bonds is 4. The van der Waals surface area contributed by atoms with E-state index in [1.165, 1.54) is 6.20 Å². The van der Waals surface area contributed by atoms with Crippen LogP contribution in [-0.4, -0.2) is 5.71 Å². The second kappa shape index (κ2) is 5.51. The van der Waals surface area contributed by atoms with E-state index < -0.39 is 0 Å². The van der Waals surface area contributed by atoms with Crippen molar-refractivity contribution in [2.75, 3.05) is 5.73 Å². The Kier molecular flexibility index (Phi) is 4.31. The van der Waals surface area contributed by atoms with E-state index in [9.17, 15) is 0 Å². The molecule has 0 heterocycles. The molecular formula is C12H14BrN3. The third-order valence-corrected chi connectivity index (χ3v) is 2.59. The molecule has 0 amide bonds. The summed E-state index contributed by atoms with van der Waals surface area (Å²) < 4.78 is 0.899. The van der Waals surface area contributed by atoms with Gasteiger partial charge in [-0.05, 0) is 31.3 Å². The summed E-state index contributed by atoms with van der Waals surface area (Å²) in [6.45, 7) is 5.43. The Hall–Kier alpha value is -1.55. The van der Waals surface area contributed by atoms with Crippen LogP contribution in [0.3, 0.4) is 0 Å². The lowest BCUT2D eigenvalue weighted by molar-refractivity contribution is 1.12. The molecule has 1 rings (SSSR count). The molecule has 0 spiro atoms. The van der Waals surface area contributed by atoms with Gasteiger partial charge in [-0.3, -0.25) is 5.41 Å². The van der Waals surface area contributed by atoms with E-state index in [1.54, 1.807) is 6.07 Å². The molecule has 4 N–H and O–H groups in total. The van der Waals surface area contributed by atoms with Gasteiger partial charge < -0.3 is 11.1 Å². The van der Waals surface area contributed by atoms with E-state index in [1.807, 2.05) is 25.1 Å². The fraction of sp³-hybridized carbons (Fsp3) is 0.0833. The highest BCUT2D eigenvalue weighted by Crippen LogP contribution is 2.20. The number of benzene rings is 1. The lowest BCUT2D eigenvalue weighted by Gasteiger charge is -2.11. The minimum absolute atomic E-state index is 0.348. The maximum Gasteiger partial charge on any atom is 0.0864 e. The number of anilines is 1. The van der Waals surface area contributed by atoms with Crippen molar-refractivity contribution < 1.29 is 0 Å². The first-order chi connectivity index (χ1) is 7.60. The summed E-state index contributed by atoms with van der Waals surface area (Å²) in [7, 11) is 0. The van der Waals surface area contributed by atoms with E-state index in [0.29, 0.717) is 22.7 Å². The average molecular weight is 280 g/mol. The second-order valence-corrected chi connectivity index (χ2v) is 4.07. The number of hydrogen-bond acceptors (Lipinski definition) is 3. The number of nitrogens with one attached hydrogen (secondary N) is 2. The van der Waals surface area contributed by atoms with Crippen LogP contribution in [0.25, 0.3) is 0 Å². The molecule has 1 aromatic rings. The molecule has 0 saturated heterocycles. The molecule has 0 atom stereocenters. The first-order valence-corrected chi connectivity index (χ1v) is 5.57. The van der Waals surface area contributed by atoms with E-state index >= 15 is 0 Å². The summed E-state index contributed by atoms with van der Waals surface area (Å²) in [6.07, 6.45) is 3.35. The SMILES string of the molecule is C=CN/C(=C\C)C(=N)c1cc(Br)ccc1N. The van der Waals surface area contributed by atoms with Crippen molar-refractivity contribution in [3.63, 3.8) is 0 Å². The largest absolute Gasteiger partial charge is 0.398 e. The first kappa shape index (κ1) is 12.5. The van der Waals surface area contributed by atoms with Gasteiger partial charge >= 0.3 is 0 Å². The average Bonchev–Trinajstić information content (AvgIpc) is 2.28. The zero-order valence-corrected chi connectivity index (χ0v) is 10.6. The number of halogens is 1. The first-order valence-electron chi connectivity index (χ1n) is 4.78. The van der Waals surface area contributed by atoms with Crippen molar-refractivity contribution in [1.29, 1.82) is 5.41 Å². The molecule has 0 aliphatic rings. The van der Waals surface area contributed by atoms with Gasteiger partial charge in [0.15, 0.2) is 0 Å². The molecule has 0 bridgehead atoms. The van der Waals surface area contributed by atoms with Gasteiger partial charge in [-0.1, -0.05) is 28.6 Å². The molecule has 0 radical (unpaired) electrons. The summed E-state index contributed by atoms with van der Waals surface area (Å²) >= 11 is 3.36. The Bertz CT molecular complexity index is 450. The zero-order valence-electron chi connectivity index (χ0n) is 9.05. The van der Waals surface area contributed by atoms with Gasteiger partial charge in [-0.2, -0.15) is 0 Å². The van der Waals surface area contributed by atoms with Gasteiger partial charge in [0.25, 0.3) is 0 Å². The van der Waals surface area contributed by atoms with Gasteiger partial charge in [-0.15, -0.1) is 0 Å². The molecule has 0 aromatic heterocycles. The molecule has 4 heteroatoms. The predicted octanol–water partition coefficient (Wildman–Crippen LogP) is 3.04. The van der Waals surface area contributed by atoms with Gasteiger partial charge in [0.2, 0.25) is 0 Å². The fourth-order valence-electron chi connectivity index (χ4n) is 1.30. The Morgan fingerprint density at radius 2 is 2.25 bits per heavy atom. The van der Waals surface area contributed by atoms with Crippen LogP contribution in [0.2, 0.25) is 0 Å². The molecule has 84 valence electrons. The minimum atomic E-state index is 0.348. The van der Waals surface area contributed by atoms with Gasteiger partial charge in [0.05, 0.1) is 11.4 Å². The molecule has 3 nitrogen and oxygen atoms in total. The van der Waals surface area contributed by atoms with Crippen LogP contribution in [-0.2, 0) is 0 Å². The van der Waals surface area contributed by atoms with Crippen molar-refractivity contribution >= 4 is 27.3 Å². The highest BCUT2D eigenvalue weighted by molar-refractivity contribution is 9.10. The van der Waals surface area contributed by atoms with Crippen LogP contribution in [0.1, 0.15) is 12.5 Å². The molecule has 0 saturated carbocycles. The van der Waals surface area contributed by atoms with E-state index in [4.69, 9.17) is 11.1 Å². The maximum absolute atomic E-state index is 8.05. The predicted molar refractivity (Wildman–Crippen MR) is 72.5 cm³/mol. The van der Waals surface area contributed by atoms with Gasteiger partial charge in [-0.25, -0.2) is 0 Å². The highest BCUT2D eigenvalue weighted by Gasteiger charge is 2.09. The van der Waals surface area contributed by atoms with Gasteiger partial charge in [0, 0.05) is 15.7 Å². The third-order valence-electron chi connectivity index (χ3n) is 2.10. The third kappa shape index (κ3) is 2.73. The summed E-state index contributed by atoms with van der Waals surface area (Å²) in [5.41, 5.74) is 8.14. The van der Waals surface area contributed by atoms with E-state index in [0.717, 1.165) is 4.47 Å². The standard InChI is InChI=1S/C12H14BrN3/c1-3-11(16-4-2)12(15)9-7-8(13)5-6-10(9)14/h3-7,15-16H,2,14H2,1H3/b11-3-,15-12?. The number of hydrogen-bond donors (Lipinski definition) is 3. The Morgan fingerprint density at radius 1 is 1.56 bits per heavy atom. The monoisotopic (exact) mass is 279 g/mol. The zero-order chi connectivity index (χ0) is 12.1. The summed E-state index contributed by atoms with van der Waals surface area (Å²) in [4.78, 5) is 0. The lowest BCUT2D eigenvalue weighted by Crippen LogP contribution is -2.16. The molecule has 0 aliphatic carbocycles. The van der Waals surface area contributed by atoms with Crippen LogP contribution in [0.4, 0.5) is 5.69 Å². The van der Waals surface area contributed by atoms with Crippen LogP contribution >= 0.6 is 15.9 Å². The summed E-state index contributed by atoms with van der Waals surface area (Å²) in [6, 6.07) is 5.45. The topological polar surface area (TPSA) is 61.9 Å². The normalized spacial score (nSPS) is 11.0. The quantitative estimate of drug-likeness (QED) is 0.586. The Labute approximate surface area is 104 Å². The Morgan fingerprint density at radius 3 is 2.81 bits per heavy atom. The van der Waals surface area contributed by atoms with Gasteiger partial charge in [0.1, 0.15) is 0 Å². The van der Waals surface area contributed by atoms with Crippen LogP contribution in [0.5, 0.6) is 0 Å². The maximum atomic E-state index is 8.05. The number of allylic oxidation sites excluding steroid dienone is 2. The van der Waals surface area contributed by atoms with Crippen LogP contribution < -0.4 is 11.1 Å². The molecule has 16 heavy (non-hydrogen) atoms.